The third-order valence-corrected chi connectivity index (χ3v) is 3.43. The van der Waals surface area contributed by atoms with Crippen LogP contribution in [0.5, 0.6) is 0 Å². The van der Waals surface area contributed by atoms with Gasteiger partial charge in [-0.3, -0.25) is 10.1 Å². The maximum Gasteiger partial charge on any atom is 0.356 e. The van der Waals surface area contributed by atoms with Gasteiger partial charge >= 0.3 is 11.7 Å². The van der Waals surface area contributed by atoms with Crippen molar-refractivity contribution in [1.29, 1.82) is 0 Å². The zero-order valence-electron chi connectivity index (χ0n) is 11.9. The highest BCUT2D eigenvalue weighted by atomic mass is 16.6. The number of carbonyl (C=O) groups is 1. The molecule has 0 radical (unpaired) electrons. The number of methoxy groups -OCH3 is 2. The van der Waals surface area contributed by atoms with Crippen LogP contribution in [0, 0.1) is 16.0 Å². The Morgan fingerprint density at radius 1 is 1.52 bits per heavy atom. The summed E-state index contributed by atoms with van der Waals surface area (Å²) >= 11 is 0. The molecule has 2 rings (SSSR count). The van der Waals surface area contributed by atoms with Gasteiger partial charge in [-0.05, 0) is 12.5 Å². The lowest BCUT2D eigenvalue weighted by atomic mass is 10.1. The maximum atomic E-state index is 11.5. The highest BCUT2D eigenvalue weighted by molar-refractivity contribution is 5.88. The molecule has 8 nitrogen and oxygen atoms in total. The molecule has 1 aromatic heterocycles. The van der Waals surface area contributed by atoms with Crippen molar-refractivity contribution in [1.82, 2.24) is 4.98 Å². The highest BCUT2D eigenvalue weighted by Gasteiger charge is 2.29. The van der Waals surface area contributed by atoms with Gasteiger partial charge in [0.1, 0.15) is 0 Å². The quantitative estimate of drug-likeness (QED) is 0.458. The van der Waals surface area contributed by atoms with Gasteiger partial charge in [0.2, 0.25) is 5.82 Å². The van der Waals surface area contributed by atoms with Crippen molar-refractivity contribution in [2.75, 3.05) is 38.8 Å². The first-order chi connectivity index (χ1) is 10.1. The van der Waals surface area contributed by atoms with Gasteiger partial charge in [-0.2, -0.15) is 0 Å². The summed E-state index contributed by atoms with van der Waals surface area (Å²) in [4.78, 5) is 28.1. The third kappa shape index (κ3) is 3.27. The van der Waals surface area contributed by atoms with Crippen LogP contribution in [-0.2, 0) is 9.47 Å². The van der Waals surface area contributed by atoms with Crippen molar-refractivity contribution in [3.8, 4) is 0 Å². The maximum absolute atomic E-state index is 11.5. The van der Waals surface area contributed by atoms with Gasteiger partial charge in [-0.15, -0.1) is 0 Å². The van der Waals surface area contributed by atoms with E-state index in [1.165, 1.54) is 19.2 Å². The second-order valence-corrected chi connectivity index (χ2v) is 4.84. The summed E-state index contributed by atoms with van der Waals surface area (Å²) in [6.07, 6.45) is 0.870. The van der Waals surface area contributed by atoms with Gasteiger partial charge in [0.05, 0.1) is 18.6 Å². The number of nitrogens with zero attached hydrogens (tertiary/aromatic N) is 3. The number of ether oxygens (including phenoxy) is 2. The molecule has 1 aliphatic heterocycles. The Kier molecular flexibility index (Phi) is 4.69. The molecule has 1 saturated heterocycles. The number of pyridine rings is 1. The fraction of sp³-hybridized carbons (Fsp3) is 0.538. The molecule has 0 saturated carbocycles. The van der Waals surface area contributed by atoms with E-state index in [1.807, 2.05) is 4.90 Å². The molecule has 114 valence electrons. The molecule has 0 N–H and O–H groups in total. The predicted octanol–water partition coefficient (Wildman–Crippen LogP) is 1.25. The second-order valence-electron chi connectivity index (χ2n) is 4.84. The Labute approximate surface area is 121 Å². The smallest absolute Gasteiger partial charge is 0.356 e. The van der Waals surface area contributed by atoms with E-state index in [2.05, 4.69) is 9.72 Å². The van der Waals surface area contributed by atoms with Crippen LogP contribution < -0.4 is 4.90 Å². The number of nitro groups is 1. The molecular formula is C13H17N3O5. The molecule has 2 heterocycles. The molecule has 8 heteroatoms. The SMILES string of the molecule is COCC1CCN(c2nc(C(=O)OC)ccc2[N+](=O)[O-])C1. The average molecular weight is 295 g/mol. The molecule has 0 aliphatic carbocycles. The Morgan fingerprint density at radius 2 is 2.29 bits per heavy atom. The van der Waals surface area contributed by atoms with Crippen LogP contribution in [0.3, 0.4) is 0 Å². The first kappa shape index (κ1) is 15.2. The number of anilines is 1. The van der Waals surface area contributed by atoms with Crippen LogP contribution in [-0.4, -0.2) is 49.8 Å². The third-order valence-electron chi connectivity index (χ3n) is 3.43. The molecule has 0 amide bonds. The van der Waals surface area contributed by atoms with E-state index in [0.717, 1.165) is 6.42 Å². The van der Waals surface area contributed by atoms with Crippen LogP contribution in [0.2, 0.25) is 0 Å². The lowest BCUT2D eigenvalue weighted by Gasteiger charge is -2.17. The Bertz CT molecular complexity index is 549. The number of esters is 1. The van der Waals surface area contributed by atoms with Crippen molar-refractivity contribution < 1.29 is 19.2 Å². The fourth-order valence-corrected chi connectivity index (χ4v) is 2.43. The lowest BCUT2D eigenvalue weighted by Crippen LogP contribution is -2.24. The summed E-state index contributed by atoms with van der Waals surface area (Å²) < 4.78 is 9.72. The van der Waals surface area contributed by atoms with E-state index in [1.54, 1.807) is 7.11 Å². The standard InChI is InChI=1S/C13H17N3O5/c1-20-8-9-5-6-15(7-9)12-11(16(18)19)4-3-10(14-12)13(17)21-2/h3-4,9H,5-8H2,1-2H3. The normalized spacial score (nSPS) is 17.8. The van der Waals surface area contributed by atoms with Crippen molar-refractivity contribution in [3.05, 3.63) is 27.9 Å². The van der Waals surface area contributed by atoms with Crippen molar-refractivity contribution in [2.24, 2.45) is 5.92 Å². The van der Waals surface area contributed by atoms with Gasteiger partial charge in [0, 0.05) is 32.2 Å². The number of aromatic nitrogens is 1. The minimum Gasteiger partial charge on any atom is -0.464 e. The zero-order chi connectivity index (χ0) is 15.4. The first-order valence-corrected chi connectivity index (χ1v) is 6.54. The largest absolute Gasteiger partial charge is 0.464 e. The van der Waals surface area contributed by atoms with E-state index in [4.69, 9.17) is 4.74 Å². The van der Waals surface area contributed by atoms with Gasteiger partial charge in [0.25, 0.3) is 0 Å². The highest BCUT2D eigenvalue weighted by Crippen LogP contribution is 2.30. The van der Waals surface area contributed by atoms with Gasteiger partial charge < -0.3 is 14.4 Å². The molecule has 1 aromatic rings. The summed E-state index contributed by atoms with van der Waals surface area (Å²) in [5.74, 6) is -0.0986. The molecule has 1 atom stereocenters. The Morgan fingerprint density at radius 3 is 2.90 bits per heavy atom. The molecule has 1 aliphatic rings. The van der Waals surface area contributed by atoms with Gasteiger partial charge in [-0.25, -0.2) is 9.78 Å². The Hall–Kier alpha value is -2.22. The minimum atomic E-state index is -0.612. The van der Waals surface area contributed by atoms with Crippen molar-refractivity contribution in [3.63, 3.8) is 0 Å². The first-order valence-electron chi connectivity index (χ1n) is 6.54. The molecule has 0 aromatic carbocycles. The summed E-state index contributed by atoms with van der Waals surface area (Å²) in [6.45, 7) is 1.86. The van der Waals surface area contributed by atoms with Crippen molar-refractivity contribution >= 4 is 17.5 Å². The fourth-order valence-electron chi connectivity index (χ4n) is 2.43. The Balaban J connectivity index is 2.31. The number of hydrogen-bond acceptors (Lipinski definition) is 7. The molecule has 0 spiro atoms. The topological polar surface area (TPSA) is 94.8 Å². The lowest BCUT2D eigenvalue weighted by molar-refractivity contribution is -0.384. The van der Waals surface area contributed by atoms with Crippen molar-refractivity contribution in [2.45, 2.75) is 6.42 Å². The number of rotatable bonds is 5. The summed E-state index contributed by atoms with van der Waals surface area (Å²) in [6, 6.07) is 2.59. The predicted molar refractivity (Wildman–Crippen MR) is 74.4 cm³/mol. The molecule has 0 bridgehead atoms. The van der Waals surface area contributed by atoms with Gasteiger partial charge in [-0.1, -0.05) is 0 Å². The van der Waals surface area contributed by atoms with E-state index in [9.17, 15) is 14.9 Å². The summed E-state index contributed by atoms with van der Waals surface area (Å²) in [5.41, 5.74) is -0.0472. The van der Waals surface area contributed by atoms with E-state index >= 15 is 0 Å². The summed E-state index contributed by atoms with van der Waals surface area (Å²) in [7, 11) is 2.87. The van der Waals surface area contributed by atoms with Gasteiger partial charge in [0.15, 0.2) is 5.69 Å². The monoisotopic (exact) mass is 295 g/mol. The van der Waals surface area contributed by atoms with Crippen LogP contribution in [0.25, 0.3) is 0 Å². The average Bonchev–Trinajstić information content (AvgIpc) is 2.94. The number of carbonyl (C=O) groups excluding carboxylic acids is 1. The number of hydrogen-bond donors (Lipinski definition) is 0. The van der Waals surface area contributed by atoms with Crippen LogP contribution in [0.4, 0.5) is 11.5 Å². The van der Waals surface area contributed by atoms with Crippen LogP contribution in [0.15, 0.2) is 12.1 Å². The van der Waals surface area contributed by atoms with E-state index < -0.39 is 10.9 Å². The second kappa shape index (κ2) is 6.49. The minimum absolute atomic E-state index is 0.0632. The zero-order valence-corrected chi connectivity index (χ0v) is 11.9. The van der Waals surface area contributed by atoms with E-state index in [-0.39, 0.29) is 17.2 Å². The van der Waals surface area contributed by atoms with Crippen LogP contribution >= 0.6 is 0 Å². The molecule has 1 fully saturated rings. The van der Waals surface area contributed by atoms with E-state index in [0.29, 0.717) is 25.6 Å². The summed E-state index contributed by atoms with van der Waals surface area (Å²) in [5, 5.41) is 11.1. The molecule has 21 heavy (non-hydrogen) atoms. The molecule has 1 unspecified atom stereocenters. The van der Waals surface area contributed by atoms with Crippen LogP contribution in [0.1, 0.15) is 16.9 Å². The molecular weight excluding hydrogens is 278 g/mol.